The highest BCUT2D eigenvalue weighted by Crippen LogP contribution is 2.22. The number of hydrogen-bond donors (Lipinski definition) is 0. The molecule has 2 saturated heterocycles. The van der Waals surface area contributed by atoms with E-state index in [1.165, 1.54) is 11.3 Å². The van der Waals surface area contributed by atoms with E-state index in [4.69, 9.17) is 0 Å². The molecule has 0 N–H and O–H groups in total. The Balaban J connectivity index is 1.43. The minimum atomic E-state index is 0.0720. The fourth-order valence-corrected chi connectivity index (χ4v) is 3.86. The average molecular weight is 350 g/mol. The van der Waals surface area contributed by atoms with Crippen LogP contribution < -0.4 is 9.80 Å². The lowest BCUT2D eigenvalue weighted by Gasteiger charge is -2.37. The van der Waals surface area contributed by atoms with Gasteiger partial charge in [-0.3, -0.25) is 9.78 Å². The first kappa shape index (κ1) is 16.9. The highest BCUT2D eigenvalue weighted by atomic mass is 16.2. The van der Waals surface area contributed by atoms with Crippen LogP contribution in [0.5, 0.6) is 0 Å². The van der Waals surface area contributed by atoms with Crippen LogP contribution in [0.4, 0.5) is 11.4 Å². The molecule has 1 amide bonds. The summed E-state index contributed by atoms with van der Waals surface area (Å²) in [5, 5.41) is 0. The molecule has 0 spiro atoms. The van der Waals surface area contributed by atoms with Gasteiger partial charge in [0.15, 0.2) is 0 Å². The van der Waals surface area contributed by atoms with Crippen LogP contribution in [0.3, 0.4) is 0 Å². The van der Waals surface area contributed by atoms with E-state index in [0.717, 1.165) is 57.8 Å². The van der Waals surface area contributed by atoms with Gasteiger partial charge in [-0.05, 0) is 49.6 Å². The molecule has 0 bridgehead atoms. The molecule has 5 nitrogen and oxygen atoms in total. The van der Waals surface area contributed by atoms with Crippen molar-refractivity contribution in [2.45, 2.75) is 19.8 Å². The number of anilines is 2. The standard InChI is InChI=1S/C21H26N4O/c1-17-5-4-6-18(15-17)23-11-13-24(14-12-23)19-7-8-22-20(16-19)21(26)25-9-2-3-10-25/h4-8,15-16H,2-3,9-14H2,1H3. The van der Waals surface area contributed by atoms with E-state index in [-0.39, 0.29) is 5.91 Å². The summed E-state index contributed by atoms with van der Waals surface area (Å²) in [6.45, 7) is 7.74. The number of carbonyl (C=O) groups excluding carboxylic acids is 1. The van der Waals surface area contributed by atoms with Gasteiger partial charge in [-0.25, -0.2) is 0 Å². The van der Waals surface area contributed by atoms with Crippen LogP contribution in [-0.4, -0.2) is 55.1 Å². The van der Waals surface area contributed by atoms with Crippen molar-refractivity contribution in [1.82, 2.24) is 9.88 Å². The Morgan fingerprint density at radius 2 is 1.54 bits per heavy atom. The van der Waals surface area contributed by atoms with E-state index in [1.54, 1.807) is 6.20 Å². The summed E-state index contributed by atoms with van der Waals surface area (Å²) in [4.78, 5) is 23.6. The fourth-order valence-electron chi connectivity index (χ4n) is 3.86. The van der Waals surface area contributed by atoms with Gasteiger partial charge < -0.3 is 14.7 Å². The van der Waals surface area contributed by atoms with Gasteiger partial charge in [0.2, 0.25) is 0 Å². The van der Waals surface area contributed by atoms with Crippen molar-refractivity contribution in [3.05, 3.63) is 53.9 Å². The van der Waals surface area contributed by atoms with Crippen molar-refractivity contribution in [1.29, 1.82) is 0 Å². The number of aromatic nitrogens is 1. The maximum atomic E-state index is 12.6. The van der Waals surface area contributed by atoms with Crippen LogP contribution in [0.1, 0.15) is 28.9 Å². The Kier molecular flexibility index (Phi) is 4.78. The summed E-state index contributed by atoms with van der Waals surface area (Å²) in [6.07, 6.45) is 3.98. The number of nitrogens with zero attached hydrogens (tertiary/aromatic N) is 4. The van der Waals surface area contributed by atoms with Gasteiger partial charge in [0, 0.05) is 56.8 Å². The van der Waals surface area contributed by atoms with Gasteiger partial charge in [-0.1, -0.05) is 12.1 Å². The van der Waals surface area contributed by atoms with Gasteiger partial charge in [-0.2, -0.15) is 0 Å². The fraction of sp³-hybridized carbons (Fsp3) is 0.429. The third kappa shape index (κ3) is 3.52. The first-order chi connectivity index (χ1) is 12.7. The van der Waals surface area contributed by atoms with Crippen molar-refractivity contribution < 1.29 is 4.79 Å². The van der Waals surface area contributed by atoms with Crippen molar-refractivity contribution in [3.8, 4) is 0 Å². The third-order valence-electron chi connectivity index (χ3n) is 5.37. The second kappa shape index (κ2) is 7.36. The molecule has 2 aliphatic rings. The minimum absolute atomic E-state index is 0.0720. The number of likely N-dealkylation sites (tertiary alicyclic amines) is 1. The molecule has 5 heteroatoms. The van der Waals surface area contributed by atoms with Crippen molar-refractivity contribution in [2.75, 3.05) is 49.1 Å². The van der Waals surface area contributed by atoms with Gasteiger partial charge in [0.25, 0.3) is 5.91 Å². The quantitative estimate of drug-likeness (QED) is 0.853. The summed E-state index contributed by atoms with van der Waals surface area (Å²) in [6, 6.07) is 12.7. The van der Waals surface area contributed by atoms with Crippen LogP contribution in [-0.2, 0) is 0 Å². The largest absolute Gasteiger partial charge is 0.368 e. The van der Waals surface area contributed by atoms with Gasteiger partial charge in [0.05, 0.1) is 0 Å². The number of amides is 1. The van der Waals surface area contributed by atoms with Gasteiger partial charge in [0.1, 0.15) is 5.69 Å². The first-order valence-electron chi connectivity index (χ1n) is 9.52. The van der Waals surface area contributed by atoms with Crippen molar-refractivity contribution in [3.63, 3.8) is 0 Å². The van der Waals surface area contributed by atoms with Gasteiger partial charge >= 0.3 is 0 Å². The molecule has 0 radical (unpaired) electrons. The first-order valence-corrected chi connectivity index (χ1v) is 9.52. The molecule has 0 aliphatic carbocycles. The summed E-state index contributed by atoms with van der Waals surface area (Å²) in [5.41, 5.74) is 4.27. The van der Waals surface area contributed by atoms with Crippen LogP contribution >= 0.6 is 0 Å². The minimum Gasteiger partial charge on any atom is -0.368 e. The molecule has 0 atom stereocenters. The molecule has 1 aromatic heterocycles. The highest BCUT2D eigenvalue weighted by Gasteiger charge is 2.22. The molecule has 4 rings (SSSR count). The molecule has 2 aromatic rings. The Hall–Kier alpha value is -2.56. The molecule has 136 valence electrons. The number of carbonyl (C=O) groups is 1. The van der Waals surface area contributed by atoms with Gasteiger partial charge in [-0.15, -0.1) is 0 Å². The van der Waals surface area contributed by atoms with E-state index < -0.39 is 0 Å². The topological polar surface area (TPSA) is 39.7 Å². The average Bonchev–Trinajstić information content (AvgIpc) is 3.22. The van der Waals surface area contributed by atoms with E-state index >= 15 is 0 Å². The molecule has 0 saturated carbocycles. The number of aryl methyl sites for hydroxylation is 1. The van der Waals surface area contributed by atoms with Crippen molar-refractivity contribution in [2.24, 2.45) is 0 Å². The summed E-state index contributed by atoms with van der Waals surface area (Å²) < 4.78 is 0. The number of benzene rings is 1. The number of piperazine rings is 1. The summed E-state index contributed by atoms with van der Waals surface area (Å²) >= 11 is 0. The third-order valence-corrected chi connectivity index (χ3v) is 5.37. The molecule has 2 aliphatic heterocycles. The molecule has 0 unspecified atom stereocenters. The number of pyridine rings is 1. The smallest absolute Gasteiger partial charge is 0.272 e. The van der Waals surface area contributed by atoms with Crippen LogP contribution in [0, 0.1) is 6.92 Å². The monoisotopic (exact) mass is 350 g/mol. The Labute approximate surface area is 155 Å². The lowest BCUT2D eigenvalue weighted by molar-refractivity contribution is 0.0787. The zero-order valence-corrected chi connectivity index (χ0v) is 15.4. The zero-order chi connectivity index (χ0) is 17.9. The summed E-state index contributed by atoms with van der Waals surface area (Å²) in [5.74, 6) is 0.0720. The SMILES string of the molecule is Cc1cccc(N2CCN(c3ccnc(C(=O)N4CCCC4)c3)CC2)c1. The van der Waals surface area contributed by atoms with E-state index in [0.29, 0.717) is 5.69 Å². The lowest BCUT2D eigenvalue weighted by Crippen LogP contribution is -2.46. The second-order valence-corrected chi connectivity index (χ2v) is 7.21. The molecular weight excluding hydrogens is 324 g/mol. The van der Waals surface area contributed by atoms with Crippen LogP contribution in [0.15, 0.2) is 42.6 Å². The predicted octanol–water partition coefficient (Wildman–Crippen LogP) is 2.95. The van der Waals surface area contributed by atoms with E-state index in [2.05, 4.69) is 46.0 Å². The Morgan fingerprint density at radius 1 is 0.885 bits per heavy atom. The van der Waals surface area contributed by atoms with Crippen LogP contribution in [0.25, 0.3) is 0 Å². The second-order valence-electron chi connectivity index (χ2n) is 7.21. The van der Waals surface area contributed by atoms with Crippen molar-refractivity contribution >= 4 is 17.3 Å². The molecule has 1 aromatic carbocycles. The molecule has 26 heavy (non-hydrogen) atoms. The normalized spacial score (nSPS) is 17.7. The van der Waals surface area contributed by atoms with Crippen LogP contribution in [0.2, 0.25) is 0 Å². The maximum Gasteiger partial charge on any atom is 0.272 e. The zero-order valence-electron chi connectivity index (χ0n) is 15.4. The number of rotatable bonds is 3. The Bertz CT molecular complexity index is 777. The number of hydrogen-bond acceptors (Lipinski definition) is 4. The highest BCUT2D eigenvalue weighted by molar-refractivity contribution is 5.93. The lowest BCUT2D eigenvalue weighted by atomic mass is 10.2. The van der Waals surface area contributed by atoms with E-state index in [1.807, 2.05) is 17.0 Å². The van der Waals surface area contributed by atoms with E-state index in [9.17, 15) is 4.79 Å². The summed E-state index contributed by atoms with van der Waals surface area (Å²) in [7, 11) is 0. The molecular formula is C21H26N4O. The maximum absolute atomic E-state index is 12.6. The predicted molar refractivity (Wildman–Crippen MR) is 105 cm³/mol. The Morgan fingerprint density at radius 3 is 2.19 bits per heavy atom. The molecule has 3 heterocycles. The molecule has 2 fully saturated rings.